The molecule has 7 heteroatoms. The maximum absolute atomic E-state index is 6.12. The molecule has 5 nitrogen and oxygen atoms in total. The number of halogens is 1. The van der Waals surface area contributed by atoms with E-state index in [0.29, 0.717) is 17.4 Å². The Kier molecular flexibility index (Phi) is 6.63. The Morgan fingerprint density at radius 2 is 1.74 bits per heavy atom. The van der Waals surface area contributed by atoms with Crippen LogP contribution in [0.2, 0.25) is 5.02 Å². The van der Waals surface area contributed by atoms with E-state index in [9.17, 15) is 0 Å². The van der Waals surface area contributed by atoms with E-state index in [1.165, 1.54) is 0 Å². The molecule has 0 bridgehead atoms. The van der Waals surface area contributed by atoms with Gasteiger partial charge in [-0.05, 0) is 32.0 Å². The van der Waals surface area contributed by atoms with Crippen molar-refractivity contribution in [1.29, 1.82) is 0 Å². The number of benzene rings is 2. The number of hydrogen-bond acceptors (Lipinski definition) is 5. The molecule has 0 N–H and O–H groups in total. The third-order valence-electron chi connectivity index (χ3n) is 3.81. The Bertz CT molecular complexity index is 898. The first-order valence-electron chi connectivity index (χ1n) is 8.67. The molecule has 0 fully saturated rings. The van der Waals surface area contributed by atoms with E-state index in [1.54, 1.807) is 17.8 Å². The van der Waals surface area contributed by atoms with Gasteiger partial charge in [-0.15, -0.1) is 10.2 Å². The Morgan fingerprint density at radius 3 is 2.48 bits per heavy atom. The van der Waals surface area contributed by atoms with Crippen molar-refractivity contribution in [2.45, 2.75) is 37.5 Å². The van der Waals surface area contributed by atoms with Crippen LogP contribution in [0.3, 0.4) is 0 Å². The number of thioether (sulfide) groups is 1. The number of hydrogen-bond donors (Lipinski definition) is 0. The fraction of sp³-hybridized carbons (Fsp3) is 0.300. The highest BCUT2D eigenvalue weighted by Gasteiger charge is 2.12. The molecular weight excluding hydrogens is 382 g/mol. The summed E-state index contributed by atoms with van der Waals surface area (Å²) in [7, 11) is 1.93. The highest BCUT2D eigenvalue weighted by atomic mass is 35.5. The van der Waals surface area contributed by atoms with Gasteiger partial charge in [-0.2, -0.15) is 0 Å². The van der Waals surface area contributed by atoms with Crippen LogP contribution in [0.15, 0.2) is 53.7 Å². The zero-order valence-electron chi connectivity index (χ0n) is 15.6. The smallest absolute Gasteiger partial charge is 0.191 e. The van der Waals surface area contributed by atoms with Crippen LogP contribution < -0.4 is 9.47 Å². The van der Waals surface area contributed by atoms with Crippen LogP contribution in [-0.2, 0) is 19.4 Å². The topological polar surface area (TPSA) is 49.2 Å². The summed E-state index contributed by atoms with van der Waals surface area (Å²) in [6, 6.07) is 15.5. The van der Waals surface area contributed by atoms with Crippen LogP contribution in [0.4, 0.5) is 0 Å². The van der Waals surface area contributed by atoms with E-state index in [2.05, 4.69) is 16.3 Å². The third-order valence-corrected chi connectivity index (χ3v) is 5.19. The molecule has 0 saturated carbocycles. The second-order valence-electron chi connectivity index (χ2n) is 6.24. The summed E-state index contributed by atoms with van der Waals surface area (Å²) in [4.78, 5) is 0. The van der Waals surface area contributed by atoms with Gasteiger partial charge in [-0.25, -0.2) is 0 Å². The number of rotatable bonds is 8. The van der Waals surface area contributed by atoms with E-state index in [0.717, 1.165) is 28.0 Å². The van der Waals surface area contributed by atoms with Crippen molar-refractivity contribution in [2.75, 3.05) is 0 Å². The summed E-state index contributed by atoms with van der Waals surface area (Å²) in [5.41, 5.74) is 1.13. The monoisotopic (exact) mass is 403 g/mol. The minimum Gasteiger partial charge on any atom is -0.491 e. The van der Waals surface area contributed by atoms with Gasteiger partial charge in [0.05, 0.1) is 11.1 Å². The van der Waals surface area contributed by atoms with Gasteiger partial charge in [0.2, 0.25) is 0 Å². The largest absolute Gasteiger partial charge is 0.491 e. The van der Waals surface area contributed by atoms with Crippen LogP contribution in [0.5, 0.6) is 11.5 Å². The molecule has 27 heavy (non-hydrogen) atoms. The van der Waals surface area contributed by atoms with E-state index in [-0.39, 0.29) is 6.10 Å². The first kappa shape index (κ1) is 19.6. The lowest BCUT2D eigenvalue weighted by Gasteiger charge is -2.13. The van der Waals surface area contributed by atoms with Crippen LogP contribution >= 0.6 is 23.4 Å². The summed E-state index contributed by atoms with van der Waals surface area (Å²) in [5.74, 6) is 3.03. The van der Waals surface area contributed by atoms with E-state index >= 15 is 0 Å². The highest BCUT2D eigenvalue weighted by molar-refractivity contribution is 7.98. The van der Waals surface area contributed by atoms with Crippen molar-refractivity contribution >= 4 is 23.4 Å². The predicted octanol–water partition coefficient (Wildman–Crippen LogP) is 5.13. The quantitative estimate of drug-likeness (QED) is 0.488. The second kappa shape index (κ2) is 9.15. The van der Waals surface area contributed by atoms with Gasteiger partial charge >= 0.3 is 0 Å². The van der Waals surface area contributed by atoms with Crippen LogP contribution in [0, 0.1) is 0 Å². The van der Waals surface area contributed by atoms with Gasteiger partial charge in [0, 0.05) is 18.4 Å². The van der Waals surface area contributed by atoms with Crippen LogP contribution in [0.1, 0.15) is 25.2 Å². The summed E-state index contributed by atoms with van der Waals surface area (Å²) >= 11 is 7.73. The summed E-state index contributed by atoms with van der Waals surface area (Å²) < 4.78 is 13.6. The van der Waals surface area contributed by atoms with Crippen molar-refractivity contribution in [2.24, 2.45) is 7.05 Å². The lowest BCUT2D eigenvalue weighted by Crippen LogP contribution is -2.07. The van der Waals surface area contributed by atoms with Gasteiger partial charge in [0.25, 0.3) is 0 Å². The third kappa shape index (κ3) is 5.17. The molecule has 0 atom stereocenters. The molecule has 3 aromatic rings. The lowest BCUT2D eigenvalue weighted by atomic mass is 10.2. The molecule has 2 aromatic carbocycles. The van der Waals surface area contributed by atoms with E-state index in [1.807, 2.05) is 61.9 Å². The average Bonchev–Trinajstić information content (AvgIpc) is 3.00. The Balaban J connectivity index is 1.64. The number of para-hydroxylation sites is 2. The summed E-state index contributed by atoms with van der Waals surface area (Å²) in [6.07, 6.45) is 0.138. The number of nitrogens with zero attached hydrogens (tertiary/aromatic N) is 3. The molecule has 0 radical (unpaired) electrons. The standard InChI is InChI=1S/C20H22ClN3O2S/c1-14(2)26-17-10-6-4-8-15(17)13-27-20-23-22-19(24(20)3)12-25-18-11-7-5-9-16(18)21/h4-11,14H,12-13H2,1-3H3. The average molecular weight is 404 g/mol. The van der Waals surface area contributed by atoms with Gasteiger partial charge < -0.3 is 14.0 Å². The molecule has 0 saturated heterocycles. The first-order valence-corrected chi connectivity index (χ1v) is 10.0. The summed E-state index contributed by atoms with van der Waals surface area (Å²) in [5, 5.41) is 9.92. The van der Waals surface area contributed by atoms with Crippen molar-refractivity contribution in [3.8, 4) is 11.5 Å². The fourth-order valence-electron chi connectivity index (χ4n) is 2.43. The number of ether oxygens (including phenoxy) is 2. The van der Waals surface area contributed by atoms with Gasteiger partial charge in [-0.3, -0.25) is 0 Å². The molecule has 0 amide bonds. The molecule has 142 valence electrons. The van der Waals surface area contributed by atoms with Crippen molar-refractivity contribution in [3.05, 3.63) is 64.9 Å². The molecule has 1 heterocycles. The Labute approximate surface area is 168 Å². The van der Waals surface area contributed by atoms with Crippen molar-refractivity contribution < 1.29 is 9.47 Å². The minimum absolute atomic E-state index is 0.138. The molecule has 0 aliphatic heterocycles. The van der Waals surface area contributed by atoms with Crippen molar-refractivity contribution in [1.82, 2.24) is 14.8 Å². The molecule has 3 rings (SSSR count). The molecule has 0 aliphatic rings. The molecule has 0 aliphatic carbocycles. The molecule has 0 unspecified atom stereocenters. The molecule has 0 spiro atoms. The van der Waals surface area contributed by atoms with Gasteiger partial charge in [0.15, 0.2) is 11.0 Å². The number of aromatic nitrogens is 3. The van der Waals surface area contributed by atoms with Crippen LogP contribution in [-0.4, -0.2) is 20.9 Å². The molecular formula is C20H22ClN3O2S. The van der Waals surface area contributed by atoms with Crippen LogP contribution in [0.25, 0.3) is 0 Å². The van der Waals surface area contributed by atoms with Crippen molar-refractivity contribution in [3.63, 3.8) is 0 Å². The maximum Gasteiger partial charge on any atom is 0.191 e. The fourth-order valence-corrected chi connectivity index (χ4v) is 3.55. The van der Waals surface area contributed by atoms with Gasteiger partial charge in [-0.1, -0.05) is 53.7 Å². The Hall–Kier alpha value is -2.18. The highest BCUT2D eigenvalue weighted by Crippen LogP contribution is 2.28. The minimum atomic E-state index is 0.138. The van der Waals surface area contributed by atoms with E-state index in [4.69, 9.17) is 21.1 Å². The molecule has 1 aromatic heterocycles. The normalized spacial score (nSPS) is 11.0. The zero-order chi connectivity index (χ0) is 19.2. The maximum atomic E-state index is 6.12. The first-order chi connectivity index (χ1) is 13.0. The van der Waals surface area contributed by atoms with Gasteiger partial charge in [0.1, 0.15) is 18.1 Å². The lowest BCUT2D eigenvalue weighted by molar-refractivity contribution is 0.240. The Morgan fingerprint density at radius 1 is 1.04 bits per heavy atom. The second-order valence-corrected chi connectivity index (χ2v) is 7.59. The zero-order valence-corrected chi connectivity index (χ0v) is 17.1. The predicted molar refractivity (Wildman–Crippen MR) is 109 cm³/mol. The van der Waals surface area contributed by atoms with E-state index < -0.39 is 0 Å². The SMILES string of the molecule is CC(C)Oc1ccccc1CSc1nnc(COc2ccccc2Cl)n1C. The summed E-state index contributed by atoms with van der Waals surface area (Å²) in [6.45, 7) is 4.36.